The molecule has 2 saturated heterocycles. The summed E-state index contributed by atoms with van der Waals surface area (Å²) in [5.74, 6) is 4.51. The number of nitrogens with zero attached hydrogens (tertiary/aromatic N) is 4. The molecule has 4 heterocycles. The molecule has 7 atom stereocenters. The van der Waals surface area contributed by atoms with Crippen molar-refractivity contribution in [3.8, 4) is 0 Å². The van der Waals surface area contributed by atoms with Gasteiger partial charge in [-0.05, 0) is 116 Å². The minimum absolute atomic E-state index is 0.0411. The standard InChI is InChI=1S/C45H61N7O4/c1-26(2)21-39(53)51-19-7-11-37(51)42-46-24-35(48-42)30-15-13-29(14-16-30)32-17-18-33(34-23-28-9-6-10-31(22-28)40(32)34)36-25-47-43(49-36)38-12-8-20-52(38)44(54)41(27(3)4)50-45(55)56-5/h13,15,17-18,24-28,31,34,37-38,40-41H,6-12,14,16,19-23H2,1-5H3,(H,46,48)(H,47,49)(H,50,55). The van der Waals surface area contributed by atoms with Crippen LogP contribution in [0.3, 0.4) is 0 Å². The Morgan fingerprint density at radius 1 is 0.804 bits per heavy atom. The number of allylic oxidation sites excluding steroid dienone is 8. The maximum absolute atomic E-state index is 13.8. The van der Waals surface area contributed by atoms with Gasteiger partial charge in [-0.1, -0.05) is 64.8 Å². The lowest BCUT2D eigenvalue weighted by atomic mass is 9.56. The number of aromatic amines is 2. The molecule has 0 spiro atoms. The highest BCUT2D eigenvalue weighted by molar-refractivity contribution is 5.86. The number of carbonyl (C=O) groups is 3. The van der Waals surface area contributed by atoms with Gasteiger partial charge >= 0.3 is 6.09 Å². The Labute approximate surface area is 331 Å². The van der Waals surface area contributed by atoms with Gasteiger partial charge < -0.3 is 29.8 Å². The smallest absolute Gasteiger partial charge is 0.407 e. The number of rotatable bonds is 10. The average molecular weight is 764 g/mol. The van der Waals surface area contributed by atoms with Crippen LogP contribution in [0.2, 0.25) is 0 Å². The molecule has 4 aliphatic carbocycles. The number of aromatic nitrogens is 4. The Morgan fingerprint density at radius 3 is 2.16 bits per heavy atom. The van der Waals surface area contributed by atoms with Crippen LogP contribution in [0.4, 0.5) is 4.79 Å². The average Bonchev–Trinajstić information content (AvgIpc) is 4.03. The molecule has 4 fully saturated rings. The van der Waals surface area contributed by atoms with E-state index in [1.54, 1.807) is 0 Å². The highest BCUT2D eigenvalue weighted by Gasteiger charge is 2.45. The summed E-state index contributed by atoms with van der Waals surface area (Å²) in [6, 6.07) is -0.771. The van der Waals surface area contributed by atoms with Crippen molar-refractivity contribution in [2.45, 2.75) is 123 Å². The lowest BCUT2D eigenvalue weighted by Gasteiger charge is -2.49. The minimum Gasteiger partial charge on any atom is -0.453 e. The Morgan fingerprint density at radius 2 is 1.46 bits per heavy atom. The van der Waals surface area contributed by atoms with Crippen molar-refractivity contribution in [3.63, 3.8) is 0 Å². The molecule has 8 rings (SSSR count). The zero-order valence-corrected chi connectivity index (χ0v) is 34.0. The predicted molar refractivity (Wildman–Crippen MR) is 217 cm³/mol. The van der Waals surface area contributed by atoms with E-state index >= 15 is 0 Å². The molecule has 2 saturated carbocycles. The first-order valence-corrected chi connectivity index (χ1v) is 21.5. The number of fused-ring (bicyclic) bond motifs is 4. The molecule has 7 unspecified atom stereocenters. The van der Waals surface area contributed by atoms with Crippen LogP contribution in [0, 0.1) is 35.5 Å². The van der Waals surface area contributed by atoms with Crippen LogP contribution < -0.4 is 5.32 Å². The molecule has 2 aromatic heterocycles. The zero-order chi connectivity index (χ0) is 39.1. The van der Waals surface area contributed by atoms with Crippen LogP contribution in [-0.2, 0) is 14.3 Å². The van der Waals surface area contributed by atoms with Crippen LogP contribution in [0.15, 0.2) is 47.8 Å². The molecule has 2 aromatic rings. The second kappa shape index (κ2) is 16.2. The molecule has 0 aromatic carbocycles. The number of carbonyl (C=O) groups excluding carboxylic acids is 3. The van der Waals surface area contributed by atoms with E-state index in [-0.39, 0.29) is 29.8 Å². The number of amides is 3. The van der Waals surface area contributed by atoms with Crippen LogP contribution in [0.5, 0.6) is 0 Å². The minimum atomic E-state index is -0.657. The van der Waals surface area contributed by atoms with E-state index in [2.05, 4.69) is 53.4 Å². The first-order chi connectivity index (χ1) is 27.1. The lowest BCUT2D eigenvalue weighted by Crippen LogP contribution is -2.51. The van der Waals surface area contributed by atoms with E-state index in [0.717, 1.165) is 74.0 Å². The zero-order valence-electron chi connectivity index (χ0n) is 34.0. The predicted octanol–water partition coefficient (Wildman–Crippen LogP) is 8.46. The first-order valence-electron chi connectivity index (χ1n) is 21.5. The Hall–Kier alpha value is -4.41. The number of imidazole rings is 2. The molecule has 3 amide bonds. The number of ether oxygens (including phenoxy) is 1. The summed E-state index contributed by atoms with van der Waals surface area (Å²) in [4.78, 5) is 59.9. The van der Waals surface area contributed by atoms with Crippen molar-refractivity contribution in [1.29, 1.82) is 0 Å². The van der Waals surface area contributed by atoms with Crippen LogP contribution in [0.25, 0.3) is 11.1 Å². The topological polar surface area (TPSA) is 136 Å². The second-order valence-corrected chi connectivity index (χ2v) is 18.0. The summed E-state index contributed by atoms with van der Waals surface area (Å²) in [6.45, 7) is 9.55. The fourth-order valence-electron chi connectivity index (χ4n) is 11.0. The Balaban J connectivity index is 1.03. The number of H-pyrrole nitrogens is 2. The SMILES string of the molecule is COC(=O)NC(C(=O)N1CCCC1c1ncc(C2=CC=C(C3=CC=C(c4cnc(C5CCCN5C(=O)CC(C)C)[nH]4)CC3)C3C4CCCC(C4)CC23)[nH]1)C(C)C. The van der Waals surface area contributed by atoms with Crippen LogP contribution in [0.1, 0.15) is 140 Å². The Kier molecular flexibility index (Phi) is 11.1. The number of hydrogen-bond acceptors (Lipinski definition) is 6. The van der Waals surface area contributed by atoms with Crippen LogP contribution in [-0.4, -0.2) is 73.9 Å². The molecule has 3 N–H and O–H groups in total. The van der Waals surface area contributed by atoms with Gasteiger partial charge in [-0.3, -0.25) is 9.59 Å². The second-order valence-electron chi connectivity index (χ2n) is 18.0. The molecular formula is C45H61N7O4. The summed E-state index contributed by atoms with van der Waals surface area (Å²) >= 11 is 0. The van der Waals surface area contributed by atoms with Crippen molar-refractivity contribution < 1.29 is 19.1 Å². The van der Waals surface area contributed by atoms with Crippen molar-refractivity contribution in [2.24, 2.45) is 35.5 Å². The highest BCUT2D eigenvalue weighted by atomic mass is 16.5. The molecule has 300 valence electrons. The van der Waals surface area contributed by atoms with Gasteiger partial charge in [0, 0.05) is 19.5 Å². The van der Waals surface area contributed by atoms with Gasteiger partial charge in [-0.2, -0.15) is 0 Å². The molecular weight excluding hydrogens is 703 g/mol. The van der Waals surface area contributed by atoms with Gasteiger partial charge in [0.25, 0.3) is 0 Å². The van der Waals surface area contributed by atoms with E-state index in [0.29, 0.717) is 36.6 Å². The number of likely N-dealkylation sites (tertiary alicyclic amines) is 2. The number of hydrogen-bond donors (Lipinski definition) is 3. The Bertz CT molecular complexity index is 1930. The summed E-state index contributed by atoms with van der Waals surface area (Å²) < 4.78 is 4.83. The number of nitrogens with one attached hydrogen (secondary N) is 3. The van der Waals surface area contributed by atoms with Crippen molar-refractivity contribution >= 4 is 29.1 Å². The molecule has 0 radical (unpaired) electrons. The lowest BCUT2D eigenvalue weighted by molar-refractivity contribution is -0.135. The highest BCUT2D eigenvalue weighted by Crippen LogP contribution is 2.56. The van der Waals surface area contributed by atoms with Crippen molar-refractivity contribution in [2.75, 3.05) is 20.2 Å². The van der Waals surface area contributed by atoms with E-state index in [4.69, 9.17) is 14.7 Å². The molecule has 11 nitrogen and oxygen atoms in total. The van der Waals surface area contributed by atoms with Gasteiger partial charge in [0.05, 0.1) is 43.0 Å². The summed E-state index contributed by atoms with van der Waals surface area (Å²) in [5, 5.41) is 2.76. The molecule has 2 bridgehead atoms. The fourth-order valence-corrected chi connectivity index (χ4v) is 11.0. The summed E-state index contributed by atoms with van der Waals surface area (Å²) in [6.07, 6.45) is 25.5. The molecule has 56 heavy (non-hydrogen) atoms. The summed E-state index contributed by atoms with van der Waals surface area (Å²) in [5.41, 5.74) is 7.74. The normalized spacial score (nSPS) is 28.1. The fraction of sp³-hybridized carbons (Fsp3) is 0.622. The van der Waals surface area contributed by atoms with Gasteiger partial charge in [0.15, 0.2) is 0 Å². The quantitative estimate of drug-likeness (QED) is 0.222. The van der Waals surface area contributed by atoms with E-state index < -0.39 is 12.1 Å². The van der Waals surface area contributed by atoms with E-state index in [9.17, 15) is 14.4 Å². The van der Waals surface area contributed by atoms with Crippen molar-refractivity contribution in [1.82, 2.24) is 35.1 Å². The van der Waals surface area contributed by atoms with E-state index in [1.807, 2.05) is 36.0 Å². The van der Waals surface area contributed by atoms with Crippen LogP contribution >= 0.6 is 0 Å². The molecule has 6 aliphatic rings. The molecule has 11 heteroatoms. The summed E-state index contributed by atoms with van der Waals surface area (Å²) in [7, 11) is 1.32. The van der Waals surface area contributed by atoms with Gasteiger partial charge in [-0.25, -0.2) is 14.8 Å². The number of alkyl carbamates (subject to hydrolysis) is 1. The van der Waals surface area contributed by atoms with E-state index in [1.165, 1.54) is 61.5 Å². The third-order valence-corrected chi connectivity index (χ3v) is 13.6. The van der Waals surface area contributed by atoms with Crippen molar-refractivity contribution in [3.05, 3.63) is 70.9 Å². The maximum Gasteiger partial charge on any atom is 0.407 e. The first kappa shape index (κ1) is 38.5. The monoisotopic (exact) mass is 763 g/mol. The maximum atomic E-state index is 13.8. The number of methoxy groups -OCH3 is 1. The van der Waals surface area contributed by atoms with Gasteiger partial charge in [0.2, 0.25) is 11.8 Å². The van der Waals surface area contributed by atoms with Gasteiger partial charge in [-0.15, -0.1) is 0 Å². The van der Waals surface area contributed by atoms with Gasteiger partial charge in [0.1, 0.15) is 17.7 Å². The third kappa shape index (κ3) is 7.54. The molecule has 2 aliphatic heterocycles. The largest absolute Gasteiger partial charge is 0.453 e. The third-order valence-electron chi connectivity index (χ3n) is 13.6.